The van der Waals surface area contributed by atoms with Gasteiger partial charge >= 0.3 is 5.97 Å². The number of esters is 1. The van der Waals surface area contributed by atoms with Crippen LogP contribution in [0.2, 0.25) is 18.1 Å². The molecule has 0 aliphatic heterocycles. The van der Waals surface area contributed by atoms with E-state index in [2.05, 4.69) is 22.6 Å². The summed E-state index contributed by atoms with van der Waals surface area (Å²) in [6.45, 7) is 9.69. The van der Waals surface area contributed by atoms with Gasteiger partial charge in [-0.3, -0.25) is 14.9 Å². The van der Waals surface area contributed by atoms with Crippen molar-refractivity contribution in [1.82, 2.24) is 4.57 Å². The fourth-order valence-corrected chi connectivity index (χ4v) is 5.82. The molecule has 0 atom stereocenters. The van der Waals surface area contributed by atoms with Gasteiger partial charge in [-0.15, -0.1) is 0 Å². The van der Waals surface area contributed by atoms with Crippen LogP contribution in [-0.4, -0.2) is 35.2 Å². The van der Waals surface area contributed by atoms with Crippen molar-refractivity contribution in [1.29, 1.82) is 0 Å². The van der Waals surface area contributed by atoms with Crippen LogP contribution in [0.3, 0.4) is 0 Å². The lowest BCUT2D eigenvalue weighted by atomic mass is 9.99. The lowest BCUT2D eigenvalue weighted by Crippen LogP contribution is -2.39. The molecule has 0 aliphatic rings. The number of aryl methyl sites for hydroxylation is 1. The predicted molar refractivity (Wildman–Crippen MR) is 161 cm³/mol. The molecule has 0 saturated heterocycles. The number of nitro benzene ring substituents is 1. The SMILES string of the molecule is CCOC(=O)c1cn(CCCC(C)(C)[Si](C)(C)O)c2c([N+](=O)[O-])cc(Cc3cccc(CI)c3F)cc2c1=O. The first-order chi connectivity index (χ1) is 18.2. The summed E-state index contributed by atoms with van der Waals surface area (Å²) in [6, 6.07) is 7.90. The van der Waals surface area contributed by atoms with E-state index >= 15 is 0 Å². The van der Waals surface area contributed by atoms with Crippen LogP contribution in [0.4, 0.5) is 10.1 Å². The summed E-state index contributed by atoms with van der Waals surface area (Å²) in [6.07, 6.45) is 2.56. The maximum Gasteiger partial charge on any atom is 0.343 e. The summed E-state index contributed by atoms with van der Waals surface area (Å²) in [5, 5.41) is 11.9. The molecular weight excluding hydrogens is 634 g/mol. The van der Waals surface area contributed by atoms with Crippen LogP contribution in [-0.2, 0) is 22.1 Å². The van der Waals surface area contributed by atoms with E-state index in [-0.39, 0.29) is 52.6 Å². The predicted octanol–water partition coefficient (Wildman–Crippen LogP) is 6.51. The Labute approximate surface area is 241 Å². The number of carbonyl (C=O) groups excluding carboxylic acids is 1. The molecule has 0 aliphatic carbocycles. The van der Waals surface area contributed by atoms with E-state index in [9.17, 15) is 28.9 Å². The zero-order valence-corrected chi connectivity index (χ0v) is 26.0. The molecule has 0 bridgehead atoms. The molecular formula is C28H34FIN2O6Si. The topological polar surface area (TPSA) is 112 Å². The summed E-state index contributed by atoms with van der Waals surface area (Å²) >= 11 is 2.07. The van der Waals surface area contributed by atoms with E-state index in [4.69, 9.17) is 4.74 Å². The normalized spacial score (nSPS) is 12.1. The van der Waals surface area contributed by atoms with Crippen molar-refractivity contribution < 1.29 is 23.6 Å². The molecule has 1 heterocycles. The highest BCUT2D eigenvalue weighted by Crippen LogP contribution is 2.40. The van der Waals surface area contributed by atoms with Crippen molar-refractivity contribution in [3.05, 3.63) is 84.9 Å². The Bertz CT molecular complexity index is 1470. The second-order valence-corrected chi connectivity index (χ2v) is 16.0. The number of halogens is 2. The Balaban J connectivity index is 2.20. The average Bonchev–Trinajstić information content (AvgIpc) is 2.85. The second-order valence-electron chi connectivity index (χ2n) is 10.8. The fraction of sp³-hybridized carbons (Fsp3) is 0.429. The highest BCUT2D eigenvalue weighted by Gasteiger charge is 2.37. The monoisotopic (exact) mass is 668 g/mol. The zero-order chi connectivity index (χ0) is 29.1. The zero-order valence-electron chi connectivity index (χ0n) is 22.8. The Kier molecular flexibility index (Phi) is 9.71. The van der Waals surface area contributed by atoms with Crippen molar-refractivity contribution in [2.24, 2.45) is 0 Å². The van der Waals surface area contributed by atoms with Crippen molar-refractivity contribution in [2.75, 3.05) is 6.61 Å². The molecule has 0 fully saturated rings. The van der Waals surface area contributed by atoms with Crippen molar-refractivity contribution in [3.63, 3.8) is 0 Å². The van der Waals surface area contributed by atoms with Gasteiger partial charge in [-0.05, 0) is 60.7 Å². The van der Waals surface area contributed by atoms with Crippen molar-refractivity contribution in [2.45, 2.75) is 69.1 Å². The molecule has 11 heteroatoms. The largest absolute Gasteiger partial charge is 0.462 e. The Morgan fingerprint density at radius 1 is 1.26 bits per heavy atom. The van der Waals surface area contributed by atoms with Crippen LogP contribution in [0.1, 0.15) is 60.7 Å². The number of hydrogen-bond donors (Lipinski definition) is 1. The van der Waals surface area contributed by atoms with Gasteiger partial charge < -0.3 is 14.1 Å². The van der Waals surface area contributed by atoms with E-state index in [1.54, 1.807) is 29.7 Å². The highest BCUT2D eigenvalue weighted by molar-refractivity contribution is 14.1. The Hall–Kier alpha value is -2.64. The molecule has 1 N–H and O–H groups in total. The highest BCUT2D eigenvalue weighted by atomic mass is 127. The minimum absolute atomic E-state index is 0.00586. The number of fused-ring (bicyclic) bond motifs is 1. The molecule has 0 spiro atoms. The van der Waals surface area contributed by atoms with E-state index in [0.29, 0.717) is 34.0 Å². The summed E-state index contributed by atoms with van der Waals surface area (Å²) in [5.41, 5.74) is 0.182. The van der Waals surface area contributed by atoms with Gasteiger partial charge in [-0.1, -0.05) is 54.6 Å². The molecule has 8 nitrogen and oxygen atoms in total. The lowest BCUT2D eigenvalue weighted by Gasteiger charge is -2.35. The molecule has 0 radical (unpaired) electrons. The molecule has 1 aromatic heterocycles. The van der Waals surface area contributed by atoms with Gasteiger partial charge in [0.25, 0.3) is 5.69 Å². The summed E-state index contributed by atoms with van der Waals surface area (Å²) in [7, 11) is -2.48. The first-order valence-electron chi connectivity index (χ1n) is 12.8. The molecule has 0 unspecified atom stereocenters. The van der Waals surface area contributed by atoms with Crippen molar-refractivity contribution >= 4 is 53.5 Å². The van der Waals surface area contributed by atoms with Crippen LogP contribution < -0.4 is 5.43 Å². The van der Waals surface area contributed by atoms with Crippen LogP contribution in [0.25, 0.3) is 10.9 Å². The standard InChI is InChI=1S/C28H34FIN2O6Si/c1-6-38-27(34)22-17-31(12-8-11-28(2,3)39(4,5)37)25-21(26(22)33)14-18(15-23(25)32(35)36)13-19-9-7-10-20(16-30)24(19)29/h7,9-10,14-15,17,37H,6,8,11-13,16H2,1-5H3. The number of nitro groups is 1. The number of alkyl halides is 1. The Morgan fingerprint density at radius 2 is 1.92 bits per heavy atom. The average molecular weight is 669 g/mol. The van der Waals surface area contributed by atoms with Crippen LogP contribution >= 0.6 is 22.6 Å². The van der Waals surface area contributed by atoms with Gasteiger partial charge in [-0.25, -0.2) is 9.18 Å². The molecule has 210 valence electrons. The first kappa shape index (κ1) is 30.9. The number of carbonyl (C=O) groups is 1. The number of rotatable bonds is 11. The second kappa shape index (κ2) is 12.3. The number of nitrogens with zero attached hydrogens (tertiary/aromatic N) is 2. The van der Waals surface area contributed by atoms with E-state index in [1.807, 2.05) is 26.9 Å². The molecule has 3 rings (SSSR count). The maximum absolute atomic E-state index is 15.0. The maximum atomic E-state index is 15.0. The van der Waals surface area contributed by atoms with E-state index in [1.165, 1.54) is 18.3 Å². The first-order valence-corrected chi connectivity index (χ1v) is 17.2. The van der Waals surface area contributed by atoms with Gasteiger partial charge in [0.1, 0.15) is 16.9 Å². The quantitative estimate of drug-likeness (QED) is 0.0623. The summed E-state index contributed by atoms with van der Waals surface area (Å²) in [5.74, 6) is -1.19. The van der Waals surface area contributed by atoms with E-state index in [0.717, 1.165) is 0 Å². The minimum Gasteiger partial charge on any atom is -0.462 e. The smallest absolute Gasteiger partial charge is 0.343 e. The van der Waals surface area contributed by atoms with Crippen LogP contribution in [0.5, 0.6) is 0 Å². The minimum atomic E-state index is -2.48. The summed E-state index contributed by atoms with van der Waals surface area (Å²) in [4.78, 5) is 48.5. The molecule has 39 heavy (non-hydrogen) atoms. The van der Waals surface area contributed by atoms with Crippen LogP contribution in [0, 0.1) is 15.9 Å². The number of benzene rings is 2. The molecule has 3 aromatic rings. The number of non-ortho nitro benzene ring substituents is 1. The van der Waals surface area contributed by atoms with Gasteiger partial charge in [-0.2, -0.15) is 0 Å². The fourth-order valence-electron chi connectivity index (χ4n) is 4.44. The molecule has 2 aromatic carbocycles. The van der Waals surface area contributed by atoms with Gasteiger partial charge in [0.15, 0.2) is 8.32 Å². The Morgan fingerprint density at radius 3 is 2.51 bits per heavy atom. The number of pyridine rings is 1. The summed E-state index contributed by atoms with van der Waals surface area (Å²) < 4.78 is 22.1. The number of ether oxygens (including phenoxy) is 1. The van der Waals surface area contributed by atoms with E-state index < -0.39 is 24.6 Å². The molecule has 0 amide bonds. The van der Waals surface area contributed by atoms with Crippen molar-refractivity contribution in [3.8, 4) is 0 Å². The number of hydrogen-bond acceptors (Lipinski definition) is 6. The third kappa shape index (κ3) is 6.75. The third-order valence-corrected chi connectivity index (χ3v) is 11.8. The number of aromatic nitrogens is 1. The van der Waals surface area contributed by atoms with Gasteiger partial charge in [0.05, 0.1) is 16.9 Å². The third-order valence-electron chi connectivity index (χ3n) is 7.46. The van der Waals surface area contributed by atoms with Crippen LogP contribution in [0.15, 0.2) is 41.3 Å². The molecule has 0 saturated carbocycles. The lowest BCUT2D eigenvalue weighted by molar-refractivity contribution is -0.383. The van der Waals surface area contributed by atoms with Gasteiger partial charge in [0, 0.05) is 29.7 Å². The van der Waals surface area contributed by atoms with Gasteiger partial charge in [0.2, 0.25) is 5.43 Å².